The number of rotatable bonds is 5. The van der Waals surface area contributed by atoms with E-state index >= 15 is 0 Å². The van der Waals surface area contributed by atoms with Crippen molar-refractivity contribution in [2.24, 2.45) is 7.05 Å². The van der Waals surface area contributed by atoms with Gasteiger partial charge in [0.15, 0.2) is 11.0 Å². The molecule has 0 aliphatic rings. The molecule has 2 N–H and O–H groups in total. The Morgan fingerprint density at radius 2 is 2.12 bits per heavy atom. The lowest BCUT2D eigenvalue weighted by molar-refractivity contribution is -0.113. The van der Waals surface area contributed by atoms with Crippen LogP contribution in [0.3, 0.4) is 0 Å². The third-order valence-electron chi connectivity index (χ3n) is 3.48. The average Bonchev–Trinajstić information content (AvgIpc) is 2.96. The zero-order valence-electron chi connectivity index (χ0n) is 13.6. The number of aromatic nitrogens is 3. The second kappa shape index (κ2) is 7.88. The second-order valence-corrected chi connectivity index (χ2v) is 7.23. The number of anilines is 1. The van der Waals surface area contributed by atoms with Crippen LogP contribution in [0.1, 0.15) is 0 Å². The van der Waals surface area contributed by atoms with Gasteiger partial charge in [-0.15, -0.1) is 10.2 Å². The molecule has 3 rings (SSSR count). The first-order valence-corrected chi connectivity index (χ1v) is 9.28. The van der Waals surface area contributed by atoms with Crippen molar-refractivity contribution in [1.29, 1.82) is 0 Å². The van der Waals surface area contributed by atoms with Crippen LogP contribution in [0.4, 0.5) is 10.1 Å². The predicted octanol–water partition coefficient (Wildman–Crippen LogP) is 3.82. The monoisotopic (exact) mass is 436 g/mol. The van der Waals surface area contributed by atoms with E-state index < -0.39 is 5.82 Å². The number of benzene rings is 2. The summed E-state index contributed by atoms with van der Waals surface area (Å²) in [5.74, 6) is -0.0361. The van der Waals surface area contributed by atoms with Gasteiger partial charge in [-0.3, -0.25) is 4.79 Å². The van der Waals surface area contributed by atoms with Crippen LogP contribution in [0, 0.1) is 5.82 Å². The Morgan fingerprint density at radius 1 is 1.31 bits per heavy atom. The Kier molecular flexibility index (Phi) is 5.58. The molecular formula is C17H14BrFN4O2S. The molecule has 0 aliphatic heterocycles. The average molecular weight is 437 g/mol. The van der Waals surface area contributed by atoms with Gasteiger partial charge in [0.1, 0.15) is 11.6 Å². The minimum Gasteiger partial charge on any atom is -0.507 e. The lowest BCUT2D eigenvalue weighted by Crippen LogP contribution is -2.14. The van der Waals surface area contributed by atoms with Crippen molar-refractivity contribution < 1.29 is 14.3 Å². The minimum absolute atomic E-state index is 0.0871. The molecule has 26 heavy (non-hydrogen) atoms. The number of amides is 1. The molecule has 0 spiro atoms. The lowest BCUT2D eigenvalue weighted by Gasteiger charge is -2.07. The van der Waals surface area contributed by atoms with Crippen molar-refractivity contribution in [2.45, 2.75) is 5.16 Å². The summed E-state index contributed by atoms with van der Waals surface area (Å²) < 4.78 is 15.6. The Balaban J connectivity index is 1.69. The largest absolute Gasteiger partial charge is 0.507 e. The topological polar surface area (TPSA) is 80.0 Å². The minimum atomic E-state index is -0.415. The molecule has 9 heteroatoms. The van der Waals surface area contributed by atoms with E-state index in [0.29, 0.717) is 22.2 Å². The van der Waals surface area contributed by atoms with Gasteiger partial charge in [0.25, 0.3) is 0 Å². The maximum Gasteiger partial charge on any atom is 0.234 e. The highest BCUT2D eigenvalue weighted by Gasteiger charge is 2.16. The summed E-state index contributed by atoms with van der Waals surface area (Å²) in [6.07, 6.45) is 0. The summed E-state index contributed by atoms with van der Waals surface area (Å²) in [6, 6.07) is 10.7. The van der Waals surface area contributed by atoms with Gasteiger partial charge < -0.3 is 15.0 Å². The first kappa shape index (κ1) is 18.4. The summed E-state index contributed by atoms with van der Waals surface area (Å²) in [5, 5.41) is 21.3. The van der Waals surface area contributed by atoms with Gasteiger partial charge in [0.05, 0.1) is 11.3 Å². The molecule has 1 heterocycles. The number of phenolic OH excluding ortho intramolecular Hbond substituents is 1. The van der Waals surface area contributed by atoms with Crippen molar-refractivity contribution in [3.8, 4) is 17.1 Å². The van der Waals surface area contributed by atoms with Crippen LogP contribution in [0.15, 0.2) is 52.1 Å². The van der Waals surface area contributed by atoms with Gasteiger partial charge in [-0.25, -0.2) is 4.39 Å². The molecule has 0 unspecified atom stereocenters. The number of nitrogens with one attached hydrogen (secondary N) is 1. The van der Waals surface area contributed by atoms with Crippen LogP contribution in [0.2, 0.25) is 0 Å². The number of hydrogen-bond acceptors (Lipinski definition) is 5. The van der Waals surface area contributed by atoms with Gasteiger partial charge >= 0.3 is 0 Å². The number of aromatic hydroxyl groups is 1. The summed E-state index contributed by atoms with van der Waals surface area (Å²) >= 11 is 4.55. The first-order chi connectivity index (χ1) is 12.4. The molecule has 0 saturated heterocycles. The molecule has 0 atom stereocenters. The zero-order chi connectivity index (χ0) is 18.7. The van der Waals surface area contributed by atoms with Gasteiger partial charge in [-0.05, 0) is 36.4 Å². The highest BCUT2D eigenvalue weighted by atomic mass is 79.9. The standard InChI is InChI=1S/C17H14BrFN4O2S/c1-23-16(13-7-10(18)5-6-14(13)24)21-22-17(23)26-9-15(25)20-12-4-2-3-11(19)8-12/h2-8,24H,9H2,1H3,(H,20,25). The summed E-state index contributed by atoms with van der Waals surface area (Å²) in [5.41, 5.74) is 0.929. The van der Waals surface area contributed by atoms with Crippen molar-refractivity contribution in [3.05, 3.63) is 52.8 Å². The van der Waals surface area contributed by atoms with Crippen LogP contribution >= 0.6 is 27.7 Å². The number of phenols is 1. The van der Waals surface area contributed by atoms with E-state index in [2.05, 4.69) is 31.4 Å². The molecule has 0 saturated carbocycles. The number of halogens is 2. The van der Waals surface area contributed by atoms with Crippen molar-refractivity contribution in [2.75, 3.05) is 11.1 Å². The van der Waals surface area contributed by atoms with Crippen LogP contribution in [-0.2, 0) is 11.8 Å². The fourth-order valence-corrected chi connectivity index (χ4v) is 3.33. The summed E-state index contributed by atoms with van der Waals surface area (Å²) in [4.78, 5) is 12.0. The smallest absolute Gasteiger partial charge is 0.234 e. The second-order valence-electron chi connectivity index (χ2n) is 5.37. The van der Waals surface area contributed by atoms with Crippen LogP contribution in [-0.4, -0.2) is 31.5 Å². The van der Waals surface area contributed by atoms with Crippen molar-refractivity contribution >= 4 is 39.3 Å². The van der Waals surface area contributed by atoms with E-state index in [4.69, 9.17) is 0 Å². The van der Waals surface area contributed by atoms with Crippen molar-refractivity contribution in [3.63, 3.8) is 0 Å². The molecule has 2 aromatic carbocycles. The Hall–Kier alpha value is -2.39. The Morgan fingerprint density at radius 3 is 2.88 bits per heavy atom. The van der Waals surface area contributed by atoms with E-state index in [0.717, 1.165) is 4.47 Å². The Bertz CT molecular complexity index is 964. The molecule has 0 fully saturated rings. The molecule has 1 amide bonds. The lowest BCUT2D eigenvalue weighted by atomic mass is 10.2. The molecule has 1 aromatic heterocycles. The third kappa shape index (κ3) is 4.23. The normalized spacial score (nSPS) is 10.7. The molecule has 0 aliphatic carbocycles. The quantitative estimate of drug-likeness (QED) is 0.594. The van der Waals surface area contributed by atoms with E-state index in [1.807, 2.05) is 0 Å². The van der Waals surface area contributed by atoms with Crippen LogP contribution in [0.5, 0.6) is 5.75 Å². The summed E-state index contributed by atoms with van der Waals surface area (Å²) in [7, 11) is 1.75. The van der Waals surface area contributed by atoms with Gasteiger partial charge in [-0.1, -0.05) is 33.8 Å². The molecule has 6 nitrogen and oxygen atoms in total. The van der Waals surface area contributed by atoms with E-state index in [1.165, 1.54) is 30.0 Å². The van der Waals surface area contributed by atoms with E-state index in [9.17, 15) is 14.3 Å². The van der Waals surface area contributed by atoms with Crippen molar-refractivity contribution in [1.82, 2.24) is 14.8 Å². The number of hydrogen-bond donors (Lipinski definition) is 2. The Labute approximate surface area is 161 Å². The maximum absolute atomic E-state index is 13.1. The highest BCUT2D eigenvalue weighted by Crippen LogP contribution is 2.32. The highest BCUT2D eigenvalue weighted by molar-refractivity contribution is 9.10. The predicted molar refractivity (Wildman–Crippen MR) is 102 cm³/mol. The molecule has 0 radical (unpaired) electrons. The van der Waals surface area contributed by atoms with E-state index in [-0.39, 0.29) is 17.4 Å². The van der Waals surface area contributed by atoms with Crippen LogP contribution < -0.4 is 5.32 Å². The maximum atomic E-state index is 13.1. The fourth-order valence-electron chi connectivity index (χ4n) is 2.26. The molecular weight excluding hydrogens is 423 g/mol. The van der Waals surface area contributed by atoms with Gasteiger partial charge in [0, 0.05) is 17.2 Å². The molecule has 134 valence electrons. The number of thioether (sulfide) groups is 1. The van der Waals surface area contributed by atoms with E-state index in [1.54, 1.807) is 35.9 Å². The number of carbonyl (C=O) groups is 1. The number of carbonyl (C=O) groups excluding carboxylic acids is 1. The molecule has 0 bridgehead atoms. The van der Waals surface area contributed by atoms with Gasteiger partial charge in [0.2, 0.25) is 5.91 Å². The third-order valence-corrected chi connectivity index (χ3v) is 4.99. The first-order valence-electron chi connectivity index (χ1n) is 7.50. The number of nitrogens with zero attached hydrogens (tertiary/aromatic N) is 3. The van der Waals surface area contributed by atoms with Gasteiger partial charge in [-0.2, -0.15) is 0 Å². The summed E-state index contributed by atoms with van der Waals surface area (Å²) in [6.45, 7) is 0. The molecule has 3 aromatic rings. The van der Waals surface area contributed by atoms with Crippen LogP contribution in [0.25, 0.3) is 11.4 Å². The zero-order valence-corrected chi connectivity index (χ0v) is 16.0. The SMILES string of the molecule is Cn1c(SCC(=O)Nc2cccc(F)c2)nnc1-c1cc(Br)ccc1O. The fraction of sp³-hybridized carbons (Fsp3) is 0.118.